The minimum Gasteiger partial charge on any atom is -0.496 e. The predicted molar refractivity (Wildman–Crippen MR) is 107 cm³/mol. The summed E-state index contributed by atoms with van der Waals surface area (Å²) in [5.41, 5.74) is 3.21. The molecule has 1 aliphatic heterocycles. The molecule has 0 aliphatic carbocycles. The quantitative estimate of drug-likeness (QED) is 0.688. The second-order valence-corrected chi connectivity index (χ2v) is 6.33. The zero-order valence-corrected chi connectivity index (χ0v) is 14.6. The van der Waals surface area contributed by atoms with Gasteiger partial charge in [0.05, 0.1) is 13.2 Å². The number of thiocarbonyl (C=S) groups is 1. The summed E-state index contributed by atoms with van der Waals surface area (Å²) < 4.78 is 5.65. The van der Waals surface area contributed by atoms with Gasteiger partial charge in [0, 0.05) is 11.3 Å². The van der Waals surface area contributed by atoms with Gasteiger partial charge in [0.2, 0.25) is 0 Å². The largest absolute Gasteiger partial charge is 0.496 e. The number of benzene rings is 3. The molecule has 2 N–H and O–H groups in total. The third kappa shape index (κ3) is 2.96. The normalized spacial score (nSPS) is 16.8. The Morgan fingerprint density at radius 1 is 0.920 bits per heavy atom. The molecule has 0 radical (unpaired) electrons. The molecular weight excluding hydrogens is 328 g/mol. The van der Waals surface area contributed by atoms with Crippen molar-refractivity contribution in [1.29, 1.82) is 0 Å². The highest BCUT2D eigenvalue weighted by Crippen LogP contribution is 2.35. The fraction of sp³-hybridized carbons (Fsp3) is 0.0952. The molecule has 0 unspecified atom stereocenters. The van der Waals surface area contributed by atoms with Gasteiger partial charge in [0.15, 0.2) is 5.11 Å². The van der Waals surface area contributed by atoms with Gasteiger partial charge < -0.3 is 15.4 Å². The molecule has 4 rings (SSSR count). The van der Waals surface area contributed by atoms with Crippen LogP contribution in [0.15, 0.2) is 72.8 Å². The van der Waals surface area contributed by atoms with Gasteiger partial charge in [0.25, 0.3) is 0 Å². The van der Waals surface area contributed by atoms with Crippen LogP contribution in [0.3, 0.4) is 0 Å². The van der Waals surface area contributed by atoms with E-state index in [-0.39, 0.29) is 6.04 Å². The molecule has 3 aromatic carbocycles. The predicted octanol–water partition coefficient (Wildman–Crippen LogP) is 4.41. The van der Waals surface area contributed by atoms with Gasteiger partial charge in [-0.3, -0.25) is 0 Å². The van der Waals surface area contributed by atoms with Gasteiger partial charge in [-0.1, -0.05) is 60.7 Å². The van der Waals surface area contributed by atoms with Gasteiger partial charge in [-0.05, 0) is 40.7 Å². The summed E-state index contributed by atoms with van der Waals surface area (Å²) in [6.45, 7) is 0. The van der Waals surface area contributed by atoms with Gasteiger partial charge in [-0.2, -0.15) is 0 Å². The van der Waals surface area contributed by atoms with Crippen molar-refractivity contribution < 1.29 is 4.74 Å². The van der Waals surface area contributed by atoms with Crippen molar-refractivity contribution in [1.82, 2.24) is 10.6 Å². The molecule has 0 aromatic heterocycles. The van der Waals surface area contributed by atoms with E-state index in [1.54, 1.807) is 7.11 Å². The lowest BCUT2D eigenvalue weighted by Crippen LogP contribution is -2.40. The molecule has 0 saturated carbocycles. The Morgan fingerprint density at radius 2 is 1.68 bits per heavy atom. The van der Waals surface area contributed by atoms with Gasteiger partial charge in [0.1, 0.15) is 5.75 Å². The fourth-order valence-electron chi connectivity index (χ4n) is 3.27. The number of hydrogen-bond acceptors (Lipinski definition) is 2. The van der Waals surface area contributed by atoms with Crippen LogP contribution >= 0.6 is 12.2 Å². The Kier molecular flexibility index (Phi) is 4.12. The summed E-state index contributed by atoms with van der Waals surface area (Å²) in [6, 6.07) is 22.6. The topological polar surface area (TPSA) is 33.3 Å². The summed E-state index contributed by atoms with van der Waals surface area (Å²) in [5.74, 6) is 0.851. The first-order valence-electron chi connectivity index (χ1n) is 8.16. The van der Waals surface area contributed by atoms with Crippen molar-refractivity contribution >= 4 is 33.8 Å². The Bertz CT molecular complexity index is 966. The van der Waals surface area contributed by atoms with Crippen molar-refractivity contribution in [2.75, 3.05) is 7.11 Å². The van der Waals surface area contributed by atoms with Crippen molar-refractivity contribution in [2.24, 2.45) is 0 Å². The lowest BCUT2D eigenvalue weighted by molar-refractivity contribution is 0.408. The molecule has 3 aromatic rings. The Hall–Kier alpha value is -2.85. The minimum absolute atomic E-state index is 0.0648. The standard InChI is InChI=1S/C21H18N2OS/c1-24-19-12-11-14-7-5-6-10-16(14)20(19)18-13-17(22-21(25)23-18)15-8-3-2-4-9-15/h2-13,18H,1H3,(H2,22,23,25)/t18-/m0/s1. The Labute approximate surface area is 152 Å². The number of fused-ring (bicyclic) bond motifs is 1. The lowest BCUT2D eigenvalue weighted by Gasteiger charge is -2.28. The molecule has 0 amide bonds. The van der Waals surface area contributed by atoms with Crippen LogP contribution in [0.1, 0.15) is 17.2 Å². The summed E-state index contributed by atoms with van der Waals surface area (Å²) in [5, 5.41) is 9.57. The molecule has 0 fully saturated rings. The van der Waals surface area contributed by atoms with Crippen molar-refractivity contribution in [3.05, 3.63) is 83.9 Å². The molecule has 4 heteroatoms. The van der Waals surface area contributed by atoms with E-state index in [1.165, 1.54) is 5.39 Å². The van der Waals surface area contributed by atoms with Crippen LogP contribution in [-0.4, -0.2) is 12.2 Å². The van der Waals surface area contributed by atoms with E-state index in [0.717, 1.165) is 28.0 Å². The van der Waals surface area contributed by atoms with E-state index in [1.807, 2.05) is 36.4 Å². The number of nitrogens with one attached hydrogen (secondary N) is 2. The molecular formula is C21H18N2OS. The van der Waals surface area contributed by atoms with Gasteiger partial charge >= 0.3 is 0 Å². The number of hydrogen-bond donors (Lipinski definition) is 2. The highest BCUT2D eigenvalue weighted by molar-refractivity contribution is 7.80. The number of methoxy groups -OCH3 is 1. The summed E-state index contributed by atoms with van der Waals surface area (Å²) in [4.78, 5) is 0. The van der Waals surface area contributed by atoms with E-state index in [4.69, 9.17) is 17.0 Å². The highest BCUT2D eigenvalue weighted by atomic mass is 32.1. The van der Waals surface area contributed by atoms with E-state index >= 15 is 0 Å². The van der Waals surface area contributed by atoms with E-state index in [0.29, 0.717) is 5.11 Å². The van der Waals surface area contributed by atoms with Crippen LogP contribution in [0.5, 0.6) is 5.75 Å². The summed E-state index contributed by atoms with van der Waals surface area (Å²) >= 11 is 5.46. The lowest BCUT2D eigenvalue weighted by atomic mass is 9.95. The molecule has 3 nitrogen and oxygen atoms in total. The van der Waals surface area contributed by atoms with E-state index < -0.39 is 0 Å². The fourth-order valence-corrected chi connectivity index (χ4v) is 3.50. The zero-order valence-electron chi connectivity index (χ0n) is 13.8. The molecule has 124 valence electrons. The summed E-state index contributed by atoms with van der Waals surface area (Å²) in [6.07, 6.45) is 2.16. The molecule has 1 heterocycles. The molecule has 0 saturated heterocycles. The molecule has 0 spiro atoms. The second kappa shape index (κ2) is 6.57. The summed E-state index contributed by atoms with van der Waals surface area (Å²) in [7, 11) is 1.70. The van der Waals surface area contributed by atoms with Crippen LogP contribution in [0, 0.1) is 0 Å². The van der Waals surface area contributed by atoms with Crippen LogP contribution in [0.4, 0.5) is 0 Å². The minimum atomic E-state index is -0.0648. The third-order valence-corrected chi connectivity index (χ3v) is 4.63. The zero-order chi connectivity index (χ0) is 17.2. The maximum Gasteiger partial charge on any atom is 0.171 e. The van der Waals surface area contributed by atoms with Crippen LogP contribution in [0.2, 0.25) is 0 Å². The molecule has 1 aliphatic rings. The maximum atomic E-state index is 5.65. The first-order chi connectivity index (χ1) is 12.3. The van der Waals surface area contributed by atoms with Gasteiger partial charge in [-0.25, -0.2) is 0 Å². The average molecular weight is 346 g/mol. The van der Waals surface area contributed by atoms with Crippen molar-refractivity contribution in [2.45, 2.75) is 6.04 Å². The molecule has 25 heavy (non-hydrogen) atoms. The Balaban J connectivity index is 1.89. The second-order valence-electron chi connectivity index (χ2n) is 5.93. The van der Waals surface area contributed by atoms with Crippen LogP contribution in [0.25, 0.3) is 16.5 Å². The van der Waals surface area contributed by atoms with Crippen molar-refractivity contribution in [3.8, 4) is 5.75 Å². The molecule has 1 atom stereocenters. The SMILES string of the molecule is COc1ccc2ccccc2c1[C@@H]1C=C(c2ccccc2)NC(=S)N1. The first-order valence-corrected chi connectivity index (χ1v) is 8.57. The number of rotatable bonds is 3. The smallest absolute Gasteiger partial charge is 0.171 e. The number of ether oxygens (including phenoxy) is 1. The monoisotopic (exact) mass is 346 g/mol. The first kappa shape index (κ1) is 15.7. The maximum absolute atomic E-state index is 5.65. The van der Waals surface area contributed by atoms with Crippen molar-refractivity contribution in [3.63, 3.8) is 0 Å². The Morgan fingerprint density at radius 3 is 2.48 bits per heavy atom. The third-order valence-electron chi connectivity index (χ3n) is 4.41. The van der Waals surface area contributed by atoms with Gasteiger partial charge in [-0.15, -0.1) is 0 Å². The van der Waals surface area contributed by atoms with E-state index in [9.17, 15) is 0 Å². The van der Waals surface area contributed by atoms with E-state index in [2.05, 4.69) is 47.0 Å². The average Bonchev–Trinajstić information content (AvgIpc) is 2.67. The van der Waals surface area contributed by atoms with Crippen LogP contribution in [-0.2, 0) is 0 Å². The molecule has 0 bridgehead atoms. The highest BCUT2D eigenvalue weighted by Gasteiger charge is 2.23. The van der Waals surface area contributed by atoms with Crippen LogP contribution < -0.4 is 15.4 Å².